The van der Waals surface area contributed by atoms with Crippen molar-refractivity contribution in [2.75, 3.05) is 18.5 Å². The minimum atomic E-state index is 0.261. The molecular formula is C7H13N3OS. The number of hydrogen-bond acceptors (Lipinski definition) is 5. The number of aliphatic hydroxyl groups excluding tert-OH is 1. The van der Waals surface area contributed by atoms with Crippen LogP contribution in [0.15, 0.2) is 0 Å². The number of aromatic nitrogens is 2. The molecule has 1 heterocycles. The predicted molar refractivity (Wildman–Crippen MR) is 49.5 cm³/mol. The predicted octanol–water partition coefficient (Wildman–Crippen LogP) is 1.03. The molecule has 0 radical (unpaired) electrons. The lowest BCUT2D eigenvalue weighted by atomic mass is 10.3. The maximum atomic E-state index is 8.51. The van der Waals surface area contributed by atoms with E-state index in [0.29, 0.717) is 0 Å². The van der Waals surface area contributed by atoms with Gasteiger partial charge in [0.25, 0.3) is 0 Å². The molecule has 0 amide bonds. The molecule has 12 heavy (non-hydrogen) atoms. The fourth-order valence-corrected chi connectivity index (χ4v) is 1.42. The molecule has 0 spiro atoms. The van der Waals surface area contributed by atoms with Gasteiger partial charge in [-0.25, -0.2) is 0 Å². The SMILES string of the molecule is Cc1nnc(NCCCCO)s1. The summed E-state index contributed by atoms with van der Waals surface area (Å²) in [6, 6.07) is 0. The van der Waals surface area contributed by atoms with E-state index in [1.165, 1.54) is 0 Å². The van der Waals surface area contributed by atoms with Crippen LogP contribution >= 0.6 is 11.3 Å². The van der Waals surface area contributed by atoms with Gasteiger partial charge >= 0.3 is 0 Å². The van der Waals surface area contributed by atoms with E-state index in [9.17, 15) is 0 Å². The van der Waals surface area contributed by atoms with Gasteiger partial charge in [-0.3, -0.25) is 0 Å². The third-order valence-electron chi connectivity index (χ3n) is 1.39. The number of anilines is 1. The van der Waals surface area contributed by atoms with Gasteiger partial charge in [0.2, 0.25) is 5.13 Å². The summed E-state index contributed by atoms with van der Waals surface area (Å²) >= 11 is 1.55. The smallest absolute Gasteiger partial charge is 0.205 e. The van der Waals surface area contributed by atoms with Crippen LogP contribution in [0, 0.1) is 6.92 Å². The molecule has 0 aliphatic heterocycles. The molecule has 4 nitrogen and oxygen atoms in total. The molecule has 0 aromatic carbocycles. The molecule has 0 unspecified atom stereocenters. The molecule has 0 aliphatic rings. The molecule has 1 aromatic heterocycles. The molecule has 2 N–H and O–H groups in total. The van der Waals surface area contributed by atoms with Crippen LogP contribution in [0.1, 0.15) is 17.8 Å². The number of aliphatic hydroxyl groups is 1. The second-order valence-corrected chi connectivity index (χ2v) is 3.67. The van der Waals surface area contributed by atoms with Crippen LogP contribution in [0.25, 0.3) is 0 Å². The number of hydrogen-bond donors (Lipinski definition) is 2. The number of nitrogens with zero attached hydrogens (tertiary/aromatic N) is 2. The zero-order chi connectivity index (χ0) is 8.81. The molecule has 1 aromatic rings. The standard InChI is InChI=1S/C7H13N3OS/c1-6-9-10-7(12-6)8-4-2-3-5-11/h11H,2-5H2,1H3,(H,8,10). The first-order valence-corrected chi connectivity index (χ1v) is 4.79. The van der Waals surface area contributed by atoms with E-state index in [1.807, 2.05) is 6.92 Å². The minimum absolute atomic E-state index is 0.261. The maximum Gasteiger partial charge on any atom is 0.205 e. The fraction of sp³-hybridized carbons (Fsp3) is 0.714. The van der Waals surface area contributed by atoms with Gasteiger partial charge < -0.3 is 10.4 Å². The molecule has 1 rings (SSSR count). The van der Waals surface area contributed by atoms with Crippen molar-refractivity contribution < 1.29 is 5.11 Å². The highest BCUT2D eigenvalue weighted by Crippen LogP contribution is 2.13. The summed E-state index contributed by atoms with van der Waals surface area (Å²) in [4.78, 5) is 0. The van der Waals surface area contributed by atoms with Crippen LogP contribution in [-0.2, 0) is 0 Å². The van der Waals surface area contributed by atoms with Crippen LogP contribution in [0.2, 0.25) is 0 Å². The average Bonchev–Trinajstić information content (AvgIpc) is 2.45. The van der Waals surface area contributed by atoms with Crippen LogP contribution in [0.4, 0.5) is 5.13 Å². The lowest BCUT2D eigenvalue weighted by Gasteiger charge is -1.98. The lowest BCUT2D eigenvalue weighted by Crippen LogP contribution is -2.01. The zero-order valence-electron chi connectivity index (χ0n) is 7.08. The summed E-state index contributed by atoms with van der Waals surface area (Å²) in [5.74, 6) is 0. The van der Waals surface area contributed by atoms with E-state index >= 15 is 0 Å². The average molecular weight is 187 g/mol. The first-order chi connectivity index (χ1) is 5.83. The topological polar surface area (TPSA) is 58.0 Å². The highest BCUT2D eigenvalue weighted by atomic mass is 32.1. The van der Waals surface area contributed by atoms with Crippen molar-refractivity contribution in [2.24, 2.45) is 0 Å². The van der Waals surface area contributed by atoms with Gasteiger partial charge in [0, 0.05) is 13.2 Å². The molecule has 0 bridgehead atoms. The Labute approximate surface area is 75.6 Å². The van der Waals surface area contributed by atoms with E-state index in [2.05, 4.69) is 15.5 Å². The van der Waals surface area contributed by atoms with Gasteiger partial charge in [-0.15, -0.1) is 10.2 Å². The first kappa shape index (κ1) is 9.41. The Morgan fingerprint density at radius 3 is 2.83 bits per heavy atom. The number of aryl methyl sites for hydroxylation is 1. The normalized spacial score (nSPS) is 10.2. The molecular weight excluding hydrogens is 174 g/mol. The Balaban J connectivity index is 2.15. The third-order valence-corrected chi connectivity index (χ3v) is 2.18. The van der Waals surface area contributed by atoms with Crippen molar-refractivity contribution in [3.63, 3.8) is 0 Å². The molecule has 0 saturated carbocycles. The van der Waals surface area contributed by atoms with Gasteiger partial charge in [-0.2, -0.15) is 0 Å². The van der Waals surface area contributed by atoms with Crippen molar-refractivity contribution in [3.8, 4) is 0 Å². The summed E-state index contributed by atoms with van der Waals surface area (Å²) in [6.45, 7) is 3.04. The van der Waals surface area contributed by atoms with E-state index in [0.717, 1.165) is 29.5 Å². The van der Waals surface area contributed by atoms with Crippen molar-refractivity contribution in [3.05, 3.63) is 5.01 Å². The molecule has 0 atom stereocenters. The van der Waals surface area contributed by atoms with Gasteiger partial charge in [0.05, 0.1) is 0 Å². The number of nitrogens with one attached hydrogen (secondary N) is 1. The quantitative estimate of drug-likeness (QED) is 0.676. The van der Waals surface area contributed by atoms with Crippen LogP contribution < -0.4 is 5.32 Å². The second kappa shape index (κ2) is 5.05. The van der Waals surface area contributed by atoms with Gasteiger partial charge in [-0.1, -0.05) is 11.3 Å². The van der Waals surface area contributed by atoms with Gasteiger partial charge in [0.15, 0.2) is 0 Å². The van der Waals surface area contributed by atoms with Gasteiger partial charge in [0.1, 0.15) is 5.01 Å². The Hall–Kier alpha value is -0.680. The third kappa shape index (κ3) is 3.15. The minimum Gasteiger partial charge on any atom is -0.396 e. The van der Waals surface area contributed by atoms with E-state index in [1.54, 1.807) is 11.3 Å². The van der Waals surface area contributed by atoms with Crippen molar-refractivity contribution in [1.82, 2.24) is 10.2 Å². The Morgan fingerprint density at radius 1 is 1.42 bits per heavy atom. The summed E-state index contributed by atoms with van der Waals surface area (Å²) in [6.07, 6.45) is 1.81. The van der Waals surface area contributed by atoms with Crippen molar-refractivity contribution in [2.45, 2.75) is 19.8 Å². The molecule has 68 valence electrons. The largest absolute Gasteiger partial charge is 0.396 e. The maximum absolute atomic E-state index is 8.51. The summed E-state index contributed by atoms with van der Waals surface area (Å²) in [5, 5.41) is 21.3. The molecule has 0 aliphatic carbocycles. The Bertz CT molecular complexity index is 226. The summed E-state index contributed by atoms with van der Waals surface area (Å²) in [7, 11) is 0. The van der Waals surface area contributed by atoms with Gasteiger partial charge in [-0.05, 0) is 19.8 Å². The van der Waals surface area contributed by atoms with Crippen LogP contribution in [0.3, 0.4) is 0 Å². The number of unbranched alkanes of at least 4 members (excludes halogenated alkanes) is 1. The van der Waals surface area contributed by atoms with Crippen molar-refractivity contribution in [1.29, 1.82) is 0 Å². The van der Waals surface area contributed by atoms with E-state index in [4.69, 9.17) is 5.11 Å². The van der Waals surface area contributed by atoms with Crippen molar-refractivity contribution >= 4 is 16.5 Å². The summed E-state index contributed by atoms with van der Waals surface area (Å²) in [5.41, 5.74) is 0. The van der Waals surface area contributed by atoms with E-state index < -0.39 is 0 Å². The Kier molecular flexibility index (Phi) is 3.96. The molecule has 0 saturated heterocycles. The monoisotopic (exact) mass is 187 g/mol. The highest BCUT2D eigenvalue weighted by Gasteiger charge is 1.97. The number of rotatable bonds is 5. The summed E-state index contributed by atoms with van der Waals surface area (Å²) < 4.78 is 0. The fourth-order valence-electron chi connectivity index (χ4n) is 0.800. The Morgan fingerprint density at radius 2 is 2.25 bits per heavy atom. The van der Waals surface area contributed by atoms with E-state index in [-0.39, 0.29) is 6.61 Å². The van der Waals surface area contributed by atoms with Crippen LogP contribution in [0.5, 0.6) is 0 Å². The first-order valence-electron chi connectivity index (χ1n) is 3.98. The highest BCUT2D eigenvalue weighted by molar-refractivity contribution is 7.15. The second-order valence-electron chi connectivity index (χ2n) is 2.48. The molecule has 5 heteroatoms. The van der Waals surface area contributed by atoms with Crippen LogP contribution in [-0.4, -0.2) is 28.5 Å². The molecule has 0 fully saturated rings. The zero-order valence-corrected chi connectivity index (χ0v) is 7.89. The lowest BCUT2D eigenvalue weighted by molar-refractivity contribution is 0.286.